The van der Waals surface area contributed by atoms with Gasteiger partial charge in [-0.3, -0.25) is 0 Å². The first kappa shape index (κ1) is 17.4. The Labute approximate surface area is 133 Å². The molecule has 8 heteroatoms. The Bertz CT molecular complexity index is 626. The minimum atomic E-state index is -3.64. The van der Waals surface area contributed by atoms with E-state index in [0.717, 1.165) is 12.8 Å². The molecular weight excluding hydrogens is 366 g/mol. The molecule has 1 fully saturated rings. The highest BCUT2D eigenvalue weighted by Crippen LogP contribution is 2.33. The van der Waals surface area contributed by atoms with Gasteiger partial charge >= 0.3 is 0 Å². The highest BCUT2D eigenvalue weighted by molar-refractivity contribution is 9.10. The van der Waals surface area contributed by atoms with E-state index in [4.69, 9.17) is 11.0 Å². The second-order valence-corrected chi connectivity index (χ2v) is 7.22. The molecule has 0 aromatic heterocycles. The normalized spacial score (nSPS) is 16.1. The lowest BCUT2D eigenvalue weighted by Crippen LogP contribution is -2.41. The third kappa shape index (κ3) is 4.17. The summed E-state index contributed by atoms with van der Waals surface area (Å²) in [5.74, 6) is 0.336. The minimum absolute atomic E-state index is 0. The van der Waals surface area contributed by atoms with E-state index in [9.17, 15) is 8.42 Å². The SMILES string of the molecule is Cl.N#Cc1cc(Br)cc(S(=O)(=O)NC(CN)C2CC2)c1. The summed E-state index contributed by atoms with van der Waals surface area (Å²) in [6.45, 7) is 0.281. The van der Waals surface area contributed by atoms with Gasteiger partial charge in [-0.05, 0) is 37.0 Å². The fourth-order valence-corrected chi connectivity index (χ4v) is 3.92. The van der Waals surface area contributed by atoms with Crippen LogP contribution < -0.4 is 10.5 Å². The minimum Gasteiger partial charge on any atom is -0.329 e. The molecule has 0 bridgehead atoms. The molecule has 20 heavy (non-hydrogen) atoms. The number of nitrogens with one attached hydrogen (secondary N) is 1. The highest BCUT2D eigenvalue weighted by Gasteiger charge is 2.33. The van der Waals surface area contributed by atoms with Gasteiger partial charge in [0, 0.05) is 17.1 Å². The molecule has 3 N–H and O–H groups in total. The molecule has 1 aromatic rings. The second-order valence-electron chi connectivity index (χ2n) is 4.59. The second kappa shape index (κ2) is 6.87. The molecule has 1 unspecified atom stereocenters. The predicted molar refractivity (Wildman–Crippen MR) is 82.0 cm³/mol. The van der Waals surface area contributed by atoms with Crippen molar-refractivity contribution >= 4 is 38.4 Å². The molecule has 0 amide bonds. The first-order valence-electron chi connectivity index (χ1n) is 5.89. The van der Waals surface area contributed by atoms with Crippen molar-refractivity contribution in [1.82, 2.24) is 4.72 Å². The van der Waals surface area contributed by atoms with E-state index < -0.39 is 10.0 Å². The van der Waals surface area contributed by atoms with Crippen molar-refractivity contribution in [2.75, 3.05) is 6.54 Å². The molecule has 110 valence electrons. The summed E-state index contributed by atoms with van der Waals surface area (Å²) < 4.78 is 27.7. The summed E-state index contributed by atoms with van der Waals surface area (Å²) in [6.07, 6.45) is 2.01. The quantitative estimate of drug-likeness (QED) is 0.813. The van der Waals surface area contributed by atoms with Gasteiger partial charge in [0.15, 0.2) is 0 Å². The van der Waals surface area contributed by atoms with Crippen LogP contribution in [-0.2, 0) is 10.0 Å². The van der Waals surface area contributed by atoms with Crippen LogP contribution in [-0.4, -0.2) is 21.0 Å². The number of rotatable bonds is 5. The fraction of sp³-hybridized carbons (Fsp3) is 0.417. The van der Waals surface area contributed by atoms with Crippen molar-refractivity contribution < 1.29 is 8.42 Å². The molecule has 1 aliphatic rings. The van der Waals surface area contributed by atoms with Gasteiger partial charge in [0.2, 0.25) is 10.0 Å². The summed E-state index contributed by atoms with van der Waals surface area (Å²) in [6, 6.07) is 6.11. The first-order valence-corrected chi connectivity index (χ1v) is 8.17. The lowest BCUT2D eigenvalue weighted by Gasteiger charge is -2.16. The zero-order chi connectivity index (χ0) is 14.0. The van der Waals surface area contributed by atoms with Gasteiger partial charge < -0.3 is 5.73 Å². The topological polar surface area (TPSA) is 96.0 Å². The highest BCUT2D eigenvalue weighted by atomic mass is 79.9. The Hall–Kier alpha value is -0.650. The Morgan fingerprint density at radius 1 is 1.45 bits per heavy atom. The summed E-state index contributed by atoms with van der Waals surface area (Å²) in [5.41, 5.74) is 5.89. The zero-order valence-electron chi connectivity index (χ0n) is 10.5. The van der Waals surface area contributed by atoms with Gasteiger partial charge in [-0.2, -0.15) is 5.26 Å². The smallest absolute Gasteiger partial charge is 0.240 e. The Morgan fingerprint density at radius 2 is 2.10 bits per heavy atom. The van der Waals surface area contributed by atoms with Crippen LogP contribution in [0.2, 0.25) is 0 Å². The average molecular weight is 381 g/mol. The lowest BCUT2D eigenvalue weighted by molar-refractivity contribution is 0.519. The van der Waals surface area contributed by atoms with Crippen LogP contribution in [0.5, 0.6) is 0 Å². The number of nitriles is 1. The van der Waals surface area contributed by atoms with Crippen molar-refractivity contribution in [2.24, 2.45) is 11.7 Å². The van der Waals surface area contributed by atoms with E-state index in [1.165, 1.54) is 12.1 Å². The number of nitrogens with two attached hydrogens (primary N) is 1. The molecule has 1 aliphatic carbocycles. The Kier molecular flexibility index (Phi) is 5.98. The fourth-order valence-electron chi connectivity index (χ4n) is 1.89. The molecule has 0 saturated heterocycles. The molecule has 1 saturated carbocycles. The largest absolute Gasteiger partial charge is 0.329 e. The number of nitrogens with zero attached hydrogens (tertiary/aromatic N) is 1. The lowest BCUT2D eigenvalue weighted by atomic mass is 10.2. The van der Waals surface area contributed by atoms with Crippen LogP contribution in [0.1, 0.15) is 18.4 Å². The Balaban J connectivity index is 0.00000200. The van der Waals surface area contributed by atoms with Crippen molar-refractivity contribution in [3.8, 4) is 6.07 Å². The van der Waals surface area contributed by atoms with Gasteiger partial charge in [0.1, 0.15) is 0 Å². The van der Waals surface area contributed by atoms with Crippen molar-refractivity contribution in [3.05, 3.63) is 28.2 Å². The van der Waals surface area contributed by atoms with Gasteiger partial charge in [-0.1, -0.05) is 15.9 Å². The van der Waals surface area contributed by atoms with E-state index in [2.05, 4.69) is 20.7 Å². The molecule has 0 heterocycles. The summed E-state index contributed by atoms with van der Waals surface area (Å²) >= 11 is 3.20. The van der Waals surface area contributed by atoms with Crippen LogP contribution in [0.4, 0.5) is 0 Å². The summed E-state index contributed by atoms with van der Waals surface area (Å²) in [7, 11) is -3.64. The van der Waals surface area contributed by atoms with E-state index in [1.807, 2.05) is 6.07 Å². The van der Waals surface area contributed by atoms with Crippen molar-refractivity contribution in [1.29, 1.82) is 5.26 Å². The number of hydrogen-bond acceptors (Lipinski definition) is 4. The third-order valence-corrected chi connectivity index (χ3v) is 4.99. The maximum atomic E-state index is 12.3. The molecule has 5 nitrogen and oxygen atoms in total. The maximum absolute atomic E-state index is 12.3. The average Bonchev–Trinajstić information content (AvgIpc) is 3.19. The molecule has 0 spiro atoms. The van der Waals surface area contributed by atoms with Gasteiger partial charge in [-0.15, -0.1) is 12.4 Å². The number of hydrogen-bond donors (Lipinski definition) is 2. The first-order chi connectivity index (χ1) is 8.96. The Morgan fingerprint density at radius 3 is 2.60 bits per heavy atom. The number of halogens is 2. The van der Waals surface area contributed by atoms with E-state index >= 15 is 0 Å². The number of benzene rings is 1. The molecule has 0 aliphatic heterocycles. The monoisotopic (exact) mass is 379 g/mol. The van der Waals surface area contributed by atoms with Gasteiger partial charge in [-0.25, -0.2) is 13.1 Å². The predicted octanol–water partition coefficient (Wildman–Crippen LogP) is 1.76. The van der Waals surface area contributed by atoms with E-state index in [0.29, 0.717) is 16.0 Å². The van der Waals surface area contributed by atoms with E-state index in [1.54, 1.807) is 6.07 Å². The molecule has 1 aromatic carbocycles. The van der Waals surface area contributed by atoms with Crippen LogP contribution in [0, 0.1) is 17.2 Å². The molecular formula is C12H15BrClN3O2S. The summed E-state index contributed by atoms with van der Waals surface area (Å²) in [5, 5.41) is 8.87. The van der Waals surface area contributed by atoms with Crippen molar-refractivity contribution in [2.45, 2.75) is 23.8 Å². The van der Waals surface area contributed by atoms with Crippen LogP contribution in [0.3, 0.4) is 0 Å². The molecule has 0 radical (unpaired) electrons. The summed E-state index contributed by atoms with van der Waals surface area (Å²) in [4.78, 5) is 0.0810. The van der Waals surface area contributed by atoms with Crippen LogP contribution in [0.25, 0.3) is 0 Å². The zero-order valence-corrected chi connectivity index (χ0v) is 13.8. The van der Waals surface area contributed by atoms with Gasteiger partial charge in [0.25, 0.3) is 0 Å². The van der Waals surface area contributed by atoms with Crippen molar-refractivity contribution in [3.63, 3.8) is 0 Å². The third-order valence-electron chi connectivity index (χ3n) is 3.06. The molecule has 2 rings (SSSR count). The standard InChI is InChI=1S/C12H14BrN3O2S.ClH/c13-10-3-8(6-14)4-11(5-10)19(17,18)16-12(7-15)9-1-2-9;/h3-5,9,12,16H,1-2,7,15H2;1H. The van der Waals surface area contributed by atoms with Gasteiger partial charge in [0.05, 0.1) is 16.5 Å². The van der Waals surface area contributed by atoms with Crippen LogP contribution >= 0.6 is 28.3 Å². The molecule has 1 atom stereocenters. The number of sulfonamides is 1. The van der Waals surface area contributed by atoms with Crippen LogP contribution in [0.15, 0.2) is 27.6 Å². The maximum Gasteiger partial charge on any atom is 0.240 e. The van der Waals surface area contributed by atoms with E-state index in [-0.39, 0.29) is 29.9 Å².